The average Bonchev–Trinajstić information content (AvgIpc) is 2.16. The summed E-state index contributed by atoms with van der Waals surface area (Å²) in [5, 5.41) is 0.568. The van der Waals surface area contributed by atoms with Crippen LogP contribution < -0.4 is 11.4 Å². The fourth-order valence-corrected chi connectivity index (χ4v) is 1.42. The Morgan fingerprint density at radius 2 is 2.07 bits per heavy atom. The minimum Gasteiger partial charge on any atom is -0.335 e. The Bertz CT molecular complexity index is 557. The number of hydrogen-bond donors (Lipinski definition) is 1. The molecule has 0 radical (unpaired) electrons. The second-order valence-electron chi connectivity index (χ2n) is 3.35. The van der Waals surface area contributed by atoms with Gasteiger partial charge in [-0.2, -0.15) is 0 Å². The third kappa shape index (κ3) is 1.16. The SMILES string of the molecule is Cc1ccc2nc(C)n(N)c(=O)c2c1. The van der Waals surface area contributed by atoms with Gasteiger partial charge in [0.15, 0.2) is 0 Å². The van der Waals surface area contributed by atoms with Gasteiger partial charge in [-0.05, 0) is 26.0 Å². The van der Waals surface area contributed by atoms with E-state index in [1.54, 1.807) is 13.0 Å². The van der Waals surface area contributed by atoms with E-state index in [1.807, 2.05) is 19.1 Å². The van der Waals surface area contributed by atoms with Gasteiger partial charge in [0.1, 0.15) is 5.82 Å². The molecule has 0 saturated heterocycles. The van der Waals surface area contributed by atoms with Crippen LogP contribution in [-0.4, -0.2) is 9.66 Å². The molecule has 1 aromatic heterocycles. The number of rotatable bonds is 0. The number of nitrogen functional groups attached to an aromatic ring is 1. The lowest BCUT2D eigenvalue weighted by atomic mass is 10.2. The first-order chi connectivity index (χ1) is 6.59. The summed E-state index contributed by atoms with van der Waals surface area (Å²) < 4.78 is 1.07. The van der Waals surface area contributed by atoms with Crippen LogP contribution in [0.5, 0.6) is 0 Å². The fourth-order valence-electron chi connectivity index (χ4n) is 1.42. The molecule has 0 aliphatic rings. The summed E-state index contributed by atoms with van der Waals surface area (Å²) in [6, 6.07) is 5.56. The van der Waals surface area contributed by atoms with Crippen LogP contribution >= 0.6 is 0 Å². The van der Waals surface area contributed by atoms with Crippen molar-refractivity contribution >= 4 is 10.9 Å². The van der Waals surface area contributed by atoms with Gasteiger partial charge >= 0.3 is 0 Å². The third-order valence-corrected chi connectivity index (χ3v) is 2.23. The number of fused-ring (bicyclic) bond motifs is 1. The van der Waals surface area contributed by atoms with Crippen LogP contribution in [0.15, 0.2) is 23.0 Å². The van der Waals surface area contributed by atoms with E-state index in [2.05, 4.69) is 4.98 Å². The van der Waals surface area contributed by atoms with E-state index >= 15 is 0 Å². The van der Waals surface area contributed by atoms with E-state index < -0.39 is 0 Å². The van der Waals surface area contributed by atoms with Crippen LogP contribution in [0.25, 0.3) is 10.9 Å². The lowest BCUT2D eigenvalue weighted by Crippen LogP contribution is -2.30. The zero-order chi connectivity index (χ0) is 10.3. The second-order valence-corrected chi connectivity index (χ2v) is 3.35. The number of hydrogen-bond acceptors (Lipinski definition) is 3. The fraction of sp³-hybridized carbons (Fsp3) is 0.200. The molecule has 0 fully saturated rings. The van der Waals surface area contributed by atoms with Crippen LogP contribution in [0.4, 0.5) is 0 Å². The van der Waals surface area contributed by atoms with Gasteiger partial charge in [0.05, 0.1) is 10.9 Å². The van der Waals surface area contributed by atoms with Crippen molar-refractivity contribution in [2.45, 2.75) is 13.8 Å². The second kappa shape index (κ2) is 2.83. The van der Waals surface area contributed by atoms with Gasteiger partial charge in [0.25, 0.3) is 5.56 Å². The smallest absolute Gasteiger partial charge is 0.279 e. The molecule has 0 aliphatic carbocycles. The molecule has 0 spiro atoms. The Morgan fingerprint density at radius 3 is 2.79 bits per heavy atom. The van der Waals surface area contributed by atoms with Crippen molar-refractivity contribution in [2.24, 2.45) is 0 Å². The number of nitrogens with two attached hydrogens (primary N) is 1. The molecule has 0 amide bonds. The molecule has 0 aliphatic heterocycles. The summed E-state index contributed by atoms with van der Waals surface area (Å²) in [6.07, 6.45) is 0. The molecule has 14 heavy (non-hydrogen) atoms. The summed E-state index contributed by atoms with van der Waals surface area (Å²) in [6.45, 7) is 3.64. The predicted molar refractivity (Wildman–Crippen MR) is 55.6 cm³/mol. The van der Waals surface area contributed by atoms with Gasteiger partial charge in [0, 0.05) is 0 Å². The number of aromatic nitrogens is 2. The molecule has 0 unspecified atom stereocenters. The summed E-state index contributed by atoms with van der Waals surface area (Å²) in [7, 11) is 0. The highest BCUT2D eigenvalue weighted by molar-refractivity contribution is 5.78. The van der Waals surface area contributed by atoms with Crippen LogP contribution in [0.2, 0.25) is 0 Å². The Kier molecular flexibility index (Phi) is 1.77. The minimum absolute atomic E-state index is 0.198. The highest BCUT2D eigenvalue weighted by Crippen LogP contribution is 2.09. The topological polar surface area (TPSA) is 60.9 Å². The quantitative estimate of drug-likeness (QED) is 0.621. The van der Waals surface area contributed by atoms with Crippen LogP contribution in [0.1, 0.15) is 11.4 Å². The number of aryl methyl sites for hydroxylation is 2. The van der Waals surface area contributed by atoms with Gasteiger partial charge in [-0.3, -0.25) is 4.79 Å². The summed E-state index contributed by atoms with van der Waals surface area (Å²) in [4.78, 5) is 15.9. The Morgan fingerprint density at radius 1 is 1.36 bits per heavy atom. The molecule has 4 heteroatoms. The van der Waals surface area contributed by atoms with Gasteiger partial charge in [0.2, 0.25) is 0 Å². The predicted octanol–water partition coefficient (Wildman–Crippen LogP) is 0.727. The van der Waals surface area contributed by atoms with Crippen LogP contribution in [-0.2, 0) is 0 Å². The highest BCUT2D eigenvalue weighted by atomic mass is 16.1. The first kappa shape index (κ1) is 8.74. The van der Waals surface area contributed by atoms with E-state index in [0.717, 1.165) is 10.2 Å². The van der Waals surface area contributed by atoms with E-state index in [4.69, 9.17) is 5.84 Å². The number of benzene rings is 1. The molecule has 4 nitrogen and oxygen atoms in total. The molecule has 2 rings (SSSR count). The summed E-state index contributed by atoms with van der Waals surface area (Å²) in [5.41, 5.74) is 1.52. The molecule has 0 bridgehead atoms. The lowest BCUT2D eigenvalue weighted by Gasteiger charge is -2.04. The van der Waals surface area contributed by atoms with Crippen molar-refractivity contribution in [1.29, 1.82) is 0 Å². The molecule has 1 aromatic carbocycles. The maximum atomic E-state index is 11.7. The molecule has 72 valence electrons. The normalized spacial score (nSPS) is 10.7. The van der Waals surface area contributed by atoms with Crippen molar-refractivity contribution in [3.05, 3.63) is 39.9 Å². The summed E-state index contributed by atoms with van der Waals surface area (Å²) in [5.74, 6) is 6.06. The zero-order valence-corrected chi connectivity index (χ0v) is 8.11. The maximum absolute atomic E-state index is 11.7. The minimum atomic E-state index is -0.198. The van der Waals surface area contributed by atoms with Gasteiger partial charge in [-0.1, -0.05) is 11.6 Å². The van der Waals surface area contributed by atoms with Gasteiger partial charge in [-0.25, -0.2) is 9.66 Å². The van der Waals surface area contributed by atoms with Crippen molar-refractivity contribution in [2.75, 3.05) is 5.84 Å². The van der Waals surface area contributed by atoms with Gasteiger partial charge in [-0.15, -0.1) is 0 Å². The molecule has 2 N–H and O–H groups in total. The number of nitrogens with zero attached hydrogens (tertiary/aromatic N) is 2. The van der Waals surface area contributed by atoms with Crippen molar-refractivity contribution in [1.82, 2.24) is 9.66 Å². The van der Waals surface area contributed by atoms with Crippen molar-refractivity contribution in [3.8, 4) is 0 Å². The molecule has 2 aromatic rings. The lowest BCUT2D eigenvalue weighted by molar-refractivity contribution is 0.852. The first-order valence-corrected chi connectivity index (χ1v) is 4.34. The van der Waals surface area contributed by atoms with E-state index in [1.165, 1.54) is 0 Å². The monoisotopic (exact) mass is 189 g/mol. The van der Waals surface area contributed by atoms with Crippen molar-refractivity contribution < 1.29 is 0 Å². The molecule has 0 atom stereocenters. The first-order valence-electron chi connectivity index (χ1n) is 4.34. The Balaban J connectivity index is 2.99. The van der Waals surface area contributed by atoms with Gasteiger partial charge < -0.3 is 5.84 Å². The Labute approximate surface area is 81.0 Å². The zero-order valence-electron chi connectivity index (χ0n) is 8.11. The molecule has 0 saturated carbocycles. The largest absolute Gasteiger partial charge is 0.335 e. The molecular weight excluding hydrogens is 178 g/mol. The van der Waals surface area contributed by atoms with E-state index in [0.29, 0.717) is 16.7 Å². The molecular formula is C10H11N3O. The summed E-state index contributed by atoms with van der Waals surface area (Å²) >= 11 is 0. The van der Waals surface area contributed by atoms with E-state index in [9.17, 15) is 4.79 Å². The standard InChI is InChI=1S/C10H11N3O/c1-6-3-4-9-8(5-6)10(14)13(11)7(2)12-9/h3-5H,11H2,1-2H3. The van der Waals surface area contributed by atoms with Crippen LogP contribution in [0, 0.1) is 13.8 Å². The van der Waals surface area contributed by atoms with E-state index in [-0.39, 0.29) is 5.56 Å². The molecule has 1 heterocycles. The average molecular weight is 189 g/mol. The third-order valence-electron chi connectivity index (χ3n) is 2.23. The van der Waals surface area contributed by atoms with Crippen LogP contribution in [0.3, 0.4) is 0 Å². The van der Waals surface area contributed by atoms with Crippen molar-refractivity contribution in [3.63, 3.8) is 0 Å². The highest BCUT2D eigenvalue weighted by Gasteiger charge is 2.04. The Hall–Kier alpha value is -1.84. The maximum Gasteiger partial charge on any atom is 0.279 e.